The van der Waals surface area contributed by atoms with Gasteiger partial charge in [-0.1, -0.05) is 0 Å². The van der Waals surface area contributed by atoms with E-state index in [0.29, 0.717) is 0 Å². The second-order valence-corrected chi connectivity index (χ2v) is 3.20. The number of rotatable bonds is 2. The van der Waals surface area contributed by atoms with E-state index >= 15 is 0 Å². The van der Waals surface area contributed by atoms with E-state index in [-0.39, 0.29) is 10.2 Å². The largest absolute Gasteiger partial charge is 0.507 e. The number of hydrogen-bond donors (Lipinski definition) is 2. The van der Waals surface area contributed by atoms with Gasteiger partial charge in [0.2, 0.25) is 0 Å². The van der Waals surface area contributed by atoms with Crippen LogP contribution >= 0.6 is 15.9 Å². The Hall–Kier alpha value is -1.30. The zero-order valence-electron chi connectivity index (χ0n) is 7.04. The first kappa shape index (κ1) is 10.8. The van der Waals surface area contributed by atoms with Gasteiger partial charge in [0.15, 0.2) is 5.82 Å². The number of hydrogen-bond acceptors (Lipinski definition) is 3. The maximum Gasteiger partial charge on any atom is 0.342 e. The predicted octanol–water partition coefficient (Wildman–Crippen LogP) is 2.00. The van der Waals surface area contributed by atoms with Crippen molar-refractivity contribution in [3.63, 3.8) is 0 Å². The van der Waals surface area contributed by atoms with Gasteiger partial charge in [-0.15, -0.1) is 0 Å². The fraction of sp³-hybridized carbons (Fsp3) is 0.125. The summed E-state index contributed by atoms with van der Waals surface area (Å²) in [6, 6.07) is 1.02. The van der Waals surface area contributed by atoms with Gasteiger partial charge in [-0.05, 0) is 15.9 Å². The number of aromatic carboxylic acids is 1. The summed E-state index contributed by atoms with van der Waals surface area (Å²) in [7, 11) is 1.28. The Balaban J connectivity index is 3.49. The van der Waals surface area contributed by atoms with Gasteiger partial charge in [0.1, 0.15) is 17.1 Å². The Labute approximate surface area is 87.1 Å². The van der Waals surface area contributed by atoms with Crippen molar-refractivity contribution >= 4 is 21.9 Å². The first-order valence-corrected chi connectivity index (χ1v) is 4.26. The monoisotopic (exact) mass is 264 g/mol. The Morgan fingerprint density at radius 2 is 2.21 bits per heavy atom. The van der Waals surface area contributed by atoms with Crippen molar-refractivity contribution in [2.24, 2.45) is 0 Å². The summed E-state index contributed by atoms with van der Waals surface area (Å²) in [6.07, 6.45) is 0. The molecular weight excluding hydrogens is 259 g/mol. The topological polar surface area (TPSA) is 66.8 Å². The summed E-state index contributed by atoms with van der Waals surface area (Å²) in [6.45, 7) is 0. The quantitative estimate of drug-likeness (QED) is 0.858. The standard InChI is InChI=1S/C8H6BrFO4/c1-14-4-2-3(11)5(8(12)13)7(10)6(4)9/h2,11H,1H3,(H,12,13). The van der Waals surface area contributed by atoms with E-state index < -0.39 is 23.1 Å². The number of carboxylic acids is 1. The fourth-order valence-corrected chi connectivity index (χ4v) is 1.42. The molecule has 0 amide bonds. The first-order valence-electron chi connectivity index (χ1n) is 3.47. The minimum Gasteiger partial charge on any atom is -0.507 e. The molecule has 76 valence electrons. The van der Waals surface area contributed by atoms with Gasteiger partial charge in [0, 0.05) is 6.07 Å². The van der Waals surface area contributed by atoms with Crippen molar-refractivity contribution in [3.8, 4) is 11.5 Å². The van der Waals surface area contributed by atoms with Crippen LogP contribution in [0, 0.1) is 5.82 Å². The molecule has 0 unspecified atom stereocenters. The third-order valence-corrected chi connectivity index (χ3v) is 2.33. The zero-order chi connectivity index (χ0) is 10.9. The number of methoxy groups -OCH3 is 1. The lowest BCUT2D eigenvalue weighted by atomic mass is 10.2. The van der Waals surface area contributed by atoms with Crippen LogP contribution in [0.5, 0.6) is 11.5 Å². The molecule has 2 N–H and O–H groups in total. The molecule has 1 rings (SSSR count). The van der Waals surface area contributed by atoms with Gasteiger partial charge in [0.25, 0.3) is 0 Å². The number of aromatic hydroxyl groups is 1. The smallest absolute Gasteiger partial charge is 0.342 e. The van der Waals surface area contributed by atoms with Crippen LogP contribution in [-0.4, -0.2) is 23.3 Å². The van der Waals surface area contributed by atoms with Crippen LogP contribution in [0.2, 0.25) is 0 Å². The molecule has 0 aliphatic heterocycles. The van der Waals surface area contributed by atoms with Crippen molar-refractivity contribution in [1.29, 1.82) is 0 Å². The molecule has 0 heterocycles. The summed E-state index contributed by atoms with van der Waals surface area (Å²) in [4.78, 5) is 10.5. The van der Waals surface area contributed by atoms with E-state index in [1.807, 2.05) is 0 Å². The summed E-state index contributed by atoms with van der Waals surface area (Å²) in [5.41, 5.74) is -0.780. The van der Waals surface area contributed by atoms with Gasteiger partial charge in [-0.3, -0.25) is 0 Å². The lowest BCUT2D eigenvalue weighted by Gasteiger charge is -2.07. The van der Waals surface area contributed by atoms with E-state index in [4.69, 9.17) is 9.84 Å². The summed E-state index contributed by atoms with van der Waals surface area (Å²) >= 11 is 2.82. The minimum absolute atomic E-state index is 0.0324. The van der Waals surface area contributed by atoms with Crippen LogP contribution in [0.25, 0.3) is 0 Å². The van der Waals surface area contributed by atoms with E-state index in [2.05, 4.69) is 15.9 Å². The highest BCUT2D eigenvalue weighted by atomic mass is 79.9. The van der Waals surface area contributed by atoms with E-state index in [1.54, 1.807) is 0 Å². The number of carbonyl (C=O) groups is 1. The third-order valence-electron chi connectivity index (χ3n) is 1.59. The molecule has 1 aromatic carbocycles. The Morgan fingerprint density at radius 3 is 2.64 bits per heavy atom. The molecule has 4 nitrogen and oxygen atoms in total. The van der Waals surface area contributed by atoms with E-state index in [0.717, 1.165) is 6.07 Å². The normalized spacial score (nSPS) is 9.93. The summed E-state index contributed by atoms with van der Waals surface area (Å²) in [5, 5.41) is 17.7. The predicted molar refractivity (Wildman–Crippen MR) is 49.3 cm³/mol. The van der Waals surface area contributed by atoms with Gasteiger partial charge in [-0.25, -0.2) is 9.18 Å². The molecular formula is C8H6BrFO4. The van der Waals surface area contributed by atoms with E-state index in [1.165, 1.54) is 7.11 Å². The Bertz CT molecular complexity index is 391. The number of phenols is 1. The van der Waals surface area contributed by atoms with Crippen molar-refractivity contribution in [2.45, 2.75) is 0 Å². The molecule has 0 aliphatic carbocycles. The van der Waals surface area contributed by atoms with Crippen LogP contribution in [0.4, 0.5) is 4.39 Å². The van der Waals surface area contributed by atoms with Gasteiger partial charge in [-0.2, -0.15) is 0 Å². The van der Waals surface area contributed by atoms with Crippen LogP contribution in [-0.2, 0) is 0 Å². The summed E-state index contributed by atoms with van der Waals surface area (Å²) in [5.74, 6) is -3.24. The molecule has 14 heavy (non-hydrogen) atoms. The van der Waals surface area contributed by atoms with E-state index in [9.17, 15) is 14.3 Å². The van der Waals surface area contributed by atoms with Crippen molar-refractivity contribution in [1.82, 2.24) is 0 Å². The molecule has 6 heteroatoms. The molecule has 0 aromatic heterocycles. The number of halogens is 2. The maximum absolute atomic E-state index is 13.3. The summed E-state index contributed by atoms with van der Waals surface area (Å²) < 4.78 is 17.9. The molecule has 0 saturated carbocycles. The molecule has 0 saturated heterocycles. The van der Waals surface area contributed by atoms with Crippen molar-refractivity contribution in [3.05, 3.63) is 21.9 Å². The van der Waals surface area contributed by atoms with Crippen LogP contribution in [0.1, 0.15) is 10.4 Å². The second kappa shape index (κ2) is 3.83. The second-order valence-electron chi connectivity index (χ2n) is 2.41. The number of ether oxygens (including phenoxy) is 1. The molecule has 0 fully saturated rings. The molecule has 0 spiro atoms. The number of benzene rings is 1. The Kier molecular flexibility index (Phi) is 2.95. The average molecular weight is 265 g/mol. The van der Waals surface area contributed by atoms with Gasteiger partial charge < -0.3 is 14.9 Å². The molecule has 0 aliphatic rings. The van der Waals surface area contributed by atoms with Crippen LogP contribution in [0.3, 0.4) is 0 Å². The number of carboxylic acid groups (broad SMARTS) is 1. The fourth-order valence-electron chi connectivity index (χ4n) is 0.942. The highest BCUT2D eigenvalue weighted by Crippen LogP contribution is 2.35. The Morgan fingerprint density at radius 1 is 1.64 bits per heavy atom. The van der Waals surface area contributed by atoms with Gasteiger partial charge in [0.05, 0.1) is 11.6 Å². The average Bonchev–Trinajstić information content (AvgIpc) is 2.10. The molecule has 0 bridgehead atoms. The van der Waals surface area contributed by atoms with Crippen molar-refractivity contribution in [2.75, 3.05) is 7.11 Å². The maximum atomic E-state index is 13.3. The van der Waals surface area contributed by atoms with Crippen molar-refractivity contribution < 1.29 is 24.1 Å². The molecule has 0 radical (unpaired) electrons. The SMILES string of the molecule is COc1cc(O)c(C(=O)O)c(F)c1Br. The lowest BCUT2D eigenvalue weighted by Crippen LogP contribution is -2.03. The highest BCUT2D eigenvalue weighted by Gasteiger charge is 2.21. The molecule has 0 atom stereocenters. The highest BCUT2D eigenvalue weighted by molar-refractivity contribution is 9.10. The van der Waals surface area contributed by atoms with Gasteiger partial charge >= 0.3 is 5.97 Å². The third kappa shape index (κ3) is 1.65. The molecule has 1 aromatic rings. The first-order chi connectivity index (χ1) is 6.49. The van der Waals surface area contributed by atoms with Crippen LogP contribution < -0.4 is 4.74 Å². The zero-order valence-corrected chi connectivity index (χ0v) is 8.63. The van der Waals surface area contributed by atoms with Crippen LogP contribution in [0.15, 0.2) is 10.5 Å². The minimum atomic E-state index is -1.54. The lowest BCUT2D eigenvalue weighted by molar-refractivity contribution is 0.0688.